The lowest BCUT2D eigenvalue weighted by Gasteiger charge is -2.00. The predicted octanol–water partition coefficient (Wildman–Crippen LogP) is 1.85. The lowest BCUT2D eigenvalue weighted by molar-refractivity contribution is -0.596. The second-order valence-electron chi connectivity index (χ2n) is 4.04. The number of aromatic amines is 1. The molecule has 0 aliphatic heterocycles. The smallest absolute Gasteiger partial charge is 0.295 e. The van der Waals surface area contributed by atoms with Crippen LogP contribution in [0.15, 0.2) is 32.6 Å². The number of thioether (sulfide) groups is 1. The highest BCUT2D eigenvalue weighted by Crippen LogP contribution is 2.19. The number of nitrogens with one attached hydrogen (secondary N) is 1. The van der Waals surface area contributed by atoms with E-state index in [1.807, 2.05) is 31.4 Å². The fourth-order valence-electron chi connectivity index (χ4n) is 2.00. The van der Waals surface area contributed by atoms with Crippen LogP contribution in [0.25, 0.3) is 16.4 Å². The standard InChI is InChI=1S/C12H9BrN4OS/c1-6-14-9-4-3-7(13)5-8(9)10-11(18)15-12(19-2)16-17(6)10/h3-5H,1-2H3/p+1. The van der Waals surface area contributed by atoms with Gasteiger partial charge >= 0.3 is 11.4 Å². The van der Waals surface area contributed by atoms with Gasteiger partial charge in [-0.2, -0.15) is 0 Å². The van der Waals surface area contributed by atoms with Gasteiger partial charge in [0.25, 0.3) is 0 Å². The van der Waals surface area contributed by atoms with Crippen LogP contribution < -0.4 is 10.1 Å². The molecule has 3 rings (SSSR count). The molecule has 0 aliphatic rings. The summed E-state index contributed by atoms with van der Waals surface area (Å²) in [7, 11) is 0. The summed E-state index contributed by atoms with van der Waals surface area (Å²) in [4.78, 5) is 19.5. The van der Waals surface area contributed by atoms with E-state index in [2.05, 4.69) is 31.0 Å². The molecule has 5 nitrogen and oxygen atoms in total. The number of nitrogens with zero attached hydrogens (tertiary/aromatic N) is 3. The van der Waals surface area contributed by atoms with Crippen molar-refractivity contribution in [2.24, 2.45) is 0 Å². The number of aryl methyl sites for hydroxylation is 1. The normalized spacial score (nSPS) is 11.3. The average molecular weight is 338 g/mol. The first-order valence-electron chi connectivity index (χ1n) is 5.56. The van der Waals surface area contributed by atoms with Gasteiger partial charge in [0, 0.05) is 11.4 Å². The van der Waals surface area contributed by atoms with Crippen molar-refractivity contribution in [3.63, 3.8) is 0 Å². The number of hydrogen-bond acceptors (Lipinski definition) is 4. The molecule has 7 heteroatoms. The molecular weight excluding hydrogens is 328 g/mol. The molecule has 2 heterocycles. The zero-order valence-corrected chi connectivity index (χ0v) is 12.7. The van der Waals surface area contributed by atoms with Gasteiger partial charge < -0.3 is 0 Å². The Morgan fingerprint density at radius 2 is 2.21 bits per heavy atom. The summed E-state index contributed by atoms with van der Waals surface area (Å²) >= 11 is 4.81. The molecule has 0 radical (unpaired) electrons. The molecule has 19 heavy (non-hydrogen) atoms. The molecule has 96 valence electrons. The number of aromatic nitrogens is 4. The summed E-state index contributed by atoms with van der Waals surface area (Å²) in [5.41, 5.74) is 1.14. The van der Waals surface area contributed by atoms with Crippen molar-refractivity contribution in [2.45, 2.75) is 12.1 Å². The van der Waals surface area contributed by atoms with Crippen molar-refractivity contribution >= 4 is 44.1 Å². The molecule has 0 atom stereocenters. The van der Waals surface area contributed by atoms with Crippen molar-refractivity contribution in [3.05, 3.63) is 38.9 Å². The average Bonchev–Trinajstić information content (AvgIpc) is 2.39. The molecule has 1 aromatic carbocycles. The first-order chi connectivity index (χ1) is 9.10. The fraction of sp³-hybridized carbons (Fsp3) is 0.167. The summed E-state index contributed by atoms with van der Waals surface area (Å²) in [6, 6.07) is 5.67. The van der Waals surface area contributed by atoms with Crippen molar-refractivity contribution < 1.29 is 4.52 Å². The molecule has 0 aliphatic carbocycles. The maximum absolute atomic E-state index is 12.3. The Kier molecular flexibility index (Phi) is 3.02. The topological polar surface area (TPSA) is 62.7 Å². The number of H-pyrrole nitrogens is 1. The van der Waals surface area contributed by atoms with Gasteiger partial charge in [0.05, 0.1) is 5.39 Å². The van der Waals surface area contributed by atoms with Crippen LogP contribution in [0.5, 0.6) is 0 Å². The second-order valence-corrected chi connectivity index (χ2v) is 5.75. The molecule has 0 saturated heterocycles. The molecule has 0 fully saturated rings. The van der Waals surface area contributed by atoms with E-state index in [0.717, 1.165) is 15.4 Å². The monoisotopic (exact) mass is 337 g/mol. The highest BCUT2D eigenvalue weighted by atomic mass is 79.9. The Hall–Kier alpha value is -1.47. The molecule has 3 aromatic rings. The first-order valence-corrected chi connectivity index (χ1v) is 7.58. The Balaban J connectivity index is 2.60. The van der Waals surface area contributed by atoms with E-state index in [0.29, 0.717) is 16.5 Å². The van der Waals surface area contributed by atoms with E-state index in [1.165, 1.54) is 11.8 Å². The number of hydrogen-bond donors (Lipinski definition) is 1. The summed E-state index contributed by atoms with van der Waals surface area (Å²) in [6.45, 7) is 1.84. The van der Waals surface area contributed by atoms with Crippen LogP contribution in [0.1, 0.15) is 5.82 Å². The molecular formula is C12H10BrN4OS+. The van der Waals surface area contributed by atoms with Gasteiger partial charge in [-0.3, -0.25) is 9.78 Å². The largest absolute Gasteiger partial charge is 0.321 e. The predicted molar refractivity (Wildman–Crippen MR) is 77.5 cm³/mol. The number of fused-ring (bicyclic) bond motifs is 3. The second kappa shape index (κ2) is 4.57. The minimum Gasteiger partial charge on any atom is -0.295 e. The lowest BCUT2D eigenvalue weighted by Crippen LogP contribution is -2.38. The van der Waals surface area contributed by atoms with Crippen molar-refractivity contribution in [1.82, 2.24) is 15.1 Å². The van der Waals surface area contributed by atoms with Crippen LogP contribution in [-0.2, 0) is 0 Å². The SMILES string of the molecule is CSc1n[n+]2c(C)nc3ccc(Br)cc3c2c(=O)[nH]1. The van der Waals surface area contributed by atoms with Gasteiger partial charge in [-0.1, -0.05) is 37.3 Å². The zero-order chi connectivity index (χ0) is 13.6. The fourth-order valence-corrected chi connectivity index (χ4v) is 2.72. The minimum atomic E-state index is -0.159. The molecule has 0 unspecified atom stereocenters. The van der Waals surface area contributed by atoms with E-state index in [4.69, 9.17) is 0 Å². The number of benzene rings is 1. The van der Waals surface area contributed by atoms with E-state index in [1.54, 1.807) is 4.52 Å². The Morgan fingerprint density at radius 3 is 2.95 bits per heavy atom. The summed E-state index contributed by atoms with van der Waals surface area (Å²) < 4.78 is 2.50. The Morgan fingerprint density at radius 1 is 1.42 bits per heavy atom. The van der Waals surface area contributed by atoms with Gasteiger partial charge in [0.2, 0.25) is 10.7 Å². The summed E-state index contributed by atoms with van der Waals surface area (Å²) in [5.74, 6) is 0.686. The van der Waals surface area contributed by atoms with Gasteiger partial charge in [-0.25, -0.2) is 0 Å². The highest BCUT2D eigenvalue weighted by molar-refractivity contribution is 9.10. The van der Waals surface area contributed by atoms with Crippen molar-refractivity contribution in [1.29, 1.82) is 0 Å². The van der Waals surface area contributed by atoms with Gasteiger partial charge in [0.15, 0.2) is 5.52 Å². The summed E-state index contributed by atoms with van der Waals surface area (Å²) in [6.07, 6.45) is 1.87. The summed E-state index contributed by atoms with van der Waals surface area (Å²) in [5, 5.41) is 5.73. The zero-order valence-electron chi connectivity index (χ0n) is 10.3. The lowest BCUT2D eigenvalue weighted by atomic mass is 10.2. The van der Waals surface area contributed by atoms with Gasteiger partial charge in [-0.15, -0.1) is 0 Å². The van der Waals surface area contributed by atoms with Crippen LogP contribution in [0.4, 0.5) is 0 Å². The maximum Gasteiger partial charge on any atom is 0.321 e. The Labute approximate surface area is 121 Å². The van der Waals surface area contributed by atoms with E-state index < -0.39 is 0 Å². The third-order valence-corrected chi connectivity index (χ3v) is 3.90. The third-order valence-electron chi connectivity index (χ3n) is 2.83. The van der Waals surface area contributed by atoms with Crippen LogP contribution in [0, 0.1) is 6.92 Å². The molecule has 2 aromatic heterocycles. The molecule has 0 spiro atoms. The molecule has 0 saturated carbocycles. The minimum absolute atomic E-state index is 0.159. The van der Waals surface area contributed by atoms with Crippen molar-refractivity contribution in [3.8, 4) is 0 Å². The quantitative estimate of drug-likeness (QED) is 0.418. The number of halogens is 1. The van der Waals surface area contributed by atoms with Crippen LogP contribution in [-0.4, -0.2) is 21.3 Å². The Bertz CT molecular complexity index is 862. The molecule has 1 N–H and O–H groups in total. The molecule has 0 amide bonds. The van der Waals surface area contributed by atoms with Crippen molar-refractivity contribution in [2.75, 3.05) is 6.26 Å². The van der Waals surface area contributed by atoms with Crippen LogP contribution in [0.3, 0.4) is 0 Å². The number of rotatable bonds is 1. The first kappa shape index (κ1) is 12.6. The van der Waals surface area contributed by atoms with Crippen LogP contribution in [0.2, 0.25) is 0 Å². The van der Waals surface area contributed by atoms with E-state index in [-0.39, 0.29) is 5.56 Å². The maximum atomic E-state index is 12.3. The highest BCUT2D eigenvalue weighted by Gasteiger charge is 2.19. The van der Waals surface area contributed by atoms with E-state index >= 15 is 0 Å². The van der Waals surface area contributed by atoms with Gasteiger partial charge in [0.1, 0.15) is 0 Å². The molecule has 0 bridgehead atoms. The van der Waals surface area contributed by atoms with E-state index in [9.17, 15) is 4.79 Å². The van der Waals surface area contributed by atoms with Crippen LogP contribution >= 0.6 is 27.7 Å². The third kappa shape index (κ3) is 2.02. The van der Waals surface area contributed by atoms with Gasteiger partial charge in [-0.05, 0) is 29.4 Å².